The second kappa shape index (κ2) is 5.97. The number of para-hydroxylation sites is 1. The molecular weight excluding hydrogens is 304 g/mol. The van der Waals surface area contributed by atoms with E-state index in [0.29, 0.717) is 6.54 Å². The number of pyridine rings is 1. The zero-order chi connectivity index (χ0) is 15.6. The molecule has 0 amide bonds. The molecule has 4 heteroatoms. The molecule has 0 saturated heterocycles. The molecule has 1 aliphatic heterocycles. The SMILES string of the molecule is Cc1cccnc1CNc1ccc2c(c1)Oc1ccccc1S2. The number of anilines is 1. The van der Waals surface area contributed by atoms with Crippen molar-refractivity contribution in [3.05, 3.63) is 72.1 Å². The highest BCUT2D eigenvalue weighted by molar-refractivity contribution is 7.99. The molecule has 0 saturated carbocycles. The Morgan fingerprint density at radius 2 is 1.87 bits per heavy atom. The largest absolute Gasteiger partial charge is 0.455 e. The number of benzene rings is 2. The van der Waals surface area contributed by atoms with E-state index >= 15 is 0 Å². The first-order chi connectivity index (χ1) is 11.3. The van der Waals surface area contributed by atoms with Gasteiger partial charge in [-0.2, -0.15) is 0 Å². The maximum absolute atomic E-state index is 6.02. The minimum atomic E-state index is 0.704. The summed E-state index contributed by atoms with van der Waals surface area (Å²) in [5.74, 6) is 1.82. The minimum absolute atomic E-state index is 0.704. The van der Waals surface area contributed by atoms with Gasteiger partial charge in [0.1, 0.15) is 11.5 Å². The third-order valence-electron chi connectivity index (χ3n) is 3.81. The van der Waals surface area contributed by atoms with Crippen LogP contribution in [0.3, 0.4) is 0 Å². The number of aryl methyl sites for hydroxylation is 1. The summed E-state index contributed by atoms with van der Waals surface area (Å²) in [7, 11) is 0. The van der Waals surface area contributed by atoms with Gasteiger partial charge < -0.3 is 10.1 Å². The van der Waals surface area contributed by atoms with Crippen molar-refractivity contribution in [1.29, 1.82) is 0 Å². The smallest absolute Gasteiger partial charge is 0.143 e. The van der Waals surface area contributed by atoms with Gasteiger partial charge in [-0.1, -0.05) is 30.0 Å². The van der Waals surface area contributed by atoms with Crippen molar-refractivity contribution >= 4 is 17.4 Å². The summed E-state index contributed by atoms with van der Waals surface area (Å²) < 4.78 is 6.02. The fraction of sp³-hybridized carbons (Fsp3) is 0.105. The van der Waals surface area contributed by atoms with Gasteiger partial charge in [0, 0.05) is 18.0 Å². The molecule has 0 unspecified atom stereocenters. The lowest BCUT2D eigenvalue weighted by Crippen LogP contribution is -2.04. The summed E-state index contributed by atoms with van der Waals surface area (Å²) in [4.78, 5) is 6.71. The quantitative estimate of drug-likeness (QED) is 0.558. The first kappa shape index (κ1) is 14.2. The molecular formula is C19H16N2OS. The molecule has 3 nitrogen and oxygen atoms in total. The molecule has 2 aromatic carbocycles. The molecule has 0 atom stereocenters. The van der Waals surface area contributed by atoms with Crippen LogP contribution in [0.15, 0.2) is 70.6 Å². The Balaban J connectivity index is 1.53. The highest BCUT2D eigenvalue weighted by atomic mass is 32.2. The molecule has 0 radical (unpaired) electrons. The van der Waals surface area contributed by atoms with Crippen LogP contribution < -0.4 is 10.1 Å². The van der Waals surface area contributed by atoms with E-state index in [1.807, 2.05) is 30.5 Å². The number of hydrogen-bond donors (Lipinski definition) is 1. The Morgan fingerprint density at radius 3 is 2.78 bits per heavy atom. The van der Waals surface area contributed by atoms with E-state index < -0.39 is 0 Å². The zero-order valence-electron chi connectivity index (χ0n) is 12.7. The fourth-order valence-corrected chi connectivity index (χ4v) is 3.46. The van der Waals surface area contributed by atoms with Crippen LogP contribution in [0.1, 0.15) is 11.3 Å². The third kappa shape index (κ3) is 2.90. The number of nitrogens with one attached hydrogen (secondary N) is 1. The van der Waals surface area contributed by atoms with E-state index in [1.54, 1.807) is 11.8 Å². The summed E-state index contributed by atoms with van der Waals surface area (Å²) >= 11 is 1.74. The number of aromatic nitrogens is 1. The van der Waals surface area contributed by atoms with E-state index in [9.17, 15) is 0 Å². The molecule has 0 aliphatic carbocycles. The summed E-state index contributed by atoms with van der Waals surface area (Å²) in [6, 6.07) is 18.4. The van der Waals surface area contributed by atoms with E-state index in [4.69, 9.17) is 4.74 Å². The molecule has 0 fully saturated rings. The van der Waals surface area contributed by atoms with Crippen LogP contribution in [0, 0.1) is 6.92 Å². The zero-order valence-corrected chi connectivity index (χ0v) is 13.6. The highest BCUT2D eigenvalue weighted by Crippen LogP contribution is 2.47. The molecule has 114 valence electrons. The van der Waals surface area contributed by atoms with Crippen molar-refractivity contribution in [2.45, 2.75) is 23.3 Å². The van der Waals surface area contributed by atoms with Crippen molar-refractivity contribution < 1.29 is 4.74 Å². The van der Waals surface area contributed by atoms with Crippen molar-refractivity contribution in [2.24, 2.45) is 0 Å². The number of hydrogen-bond acceptors (Lipinski definition) is 4. The molecule has 0 spiro atoms. The van der Waals surface area contributed by atoms with Crippen LogP contribution in [-0.4, -0.2) is 4.98 Å². The third-order valence-corrected chi connectivity index (χ3v) is 4.92. The van der Waals surface area contributed by atoms with E-state index in [0.717, 1.165) is 32.7 Å². The lowest BCUT2D eigenvalue weighted by molar-refractivity contribution is 0.455. The first-order valence-corrected chi connectivity index (χ1v) is 8.34. The van der Waals surface area contributed by atoms with E-state index in [1.165, 1.54) is 5.56 Å². The van der Waals surface area contributed by atoms with E-state index in [2.05, 4.69) is 47.6 Å². The van der Waals surface area contributed by atoms with Crippen LogP contribution >= 0.6 is 11.8 Å². The van der Waals surface area contributed by atoms with Crippen LogP contribution in [0.5, 0.6) is 11.5 Å². The van der Waals surface area contributed by atoms with Gasteiger partial charge >= 0.3 is 0 Å². The van der Waals surface area contributed by atoms with Gasteiger partial charge in [0.2, 0.25) is 0 Å². The van der Waals surface area contributed by atoms with Gasteiger partial charge in [-0.05, 0) is 42.8 Å². The van der Waals surface area contributed by atoms with Gasteiger partial charge in [-0.25, -0.2) is 0 Å². The molecule has 23 heavy (non-hydrogen) atoms. The number of rotatable bonds is 3. The van der Waals surface area contributed by atoms with Gasteiger partial charge in [0.05, 0.1) is 22.0 Å². The summed E-state index contributed by atoms with van der Waals surface area (Å²) in [5, 5.41) is 3.42. The van der Waals surface area contributed by atoms with Crippen molar-refractivity contribution in [2.75, 3.05) is 5.32 Å². The normalized spacial score (nSPS) is 12.0. The lowest BCUT2D eigenvalue weighted by Gasteiger charge is -2.20. The number of fused-ring (bicyclic) bond motifs is 2. The topological polar surface area (TPSA) is 34.2 Å². The van der Waals surface area contributed by atoms with Crippen molar-refractivity contribution in [1.82, 2.24) is 4.98 Å². The maximum Gasteiger partial charge on any atom is 0.143 e. The van der Waals surface area contributed by atoms with E-state index in [-0.39, 0.29) is 0 Å². The molecule has 0 bridgehead atoms. The first-order valence-electron chi connectivity index (χ1n) is 7.53. The average molecular weight is 320 g/mol. The van der Waals surface area contributed by atoms with Gasteiger partial charge in [-0.3, -0.25) is 4.98 Å². The Hall–Kier alpha value is -2.46. The molecule has 3 aromatic rings. The predicted molar refractivity (Wildman–Crippen MR) is 93.4 cm³/mol. The fourth-order valence-electron chi connectivity index (χ4n) is 2.53. The number of nitrogens with zero attached hydrogens (tertiary/aromatic N) is 1. The number of ether oxygens (including phenoxy) is 1. The second-order valence-corrected chi connectivity index (χ2v) is 6.52. The van der Waals surface area contributed by atoms with Crippen LogP contribution in [-0.2, 0) is 6.54 Å². The lowest BCUT2D eigenvalue weighted by atomic mass is 10.2. The molecule has 1 aromatic heterocycles. The van der Waals surface area contributed by atoms with Crippen molar-refractivity contribution in [3.63, 3.8) is 0 Å². The van der Waals surface area contributed by atoms with Gasteiger partial charge in [-0.15, -0.1) is 0 Å². The molecule has 4 rings (SSSR count). The van der Waals surface area contributed by atoms with Crippen LogP contribution in [0.2, 0.25) is 0 Å². The Kier molecular flexibility index (Phi) is 3.67. The van der Waals surface area contributed by atoms with Gasteiger partial charge in [0.15, 0.2) is 0 Å². The Labute approximate surface area is 139 Å². The summed E-state index contributed by atoms with van der Waals surface area (Å²) in [5.41, 5.74) is 3.29. The highest BCUT2D eigenvalue weighted by Gasteiger charge is 2.17. The summed E-state index contributed by atoms with van der Waals surface area (Å²) in [6.45, 7) is 2.78. The van der Waals surface area contributed by atoms with Crippen LogP contribution in [0.4, 0.5) is 5.69 Å². The molecule has 2 heterocycles. The standard InChI is InChI=1S/C19H16N2OS/c1-13-5-4-10-20-15(13)12-21-14-8-9-19-17(11-14)22-16-6-2-3-7-18(16)23-19/h2-11,21H,12H2,1H3. The second-order valence-electron chi connectivity index (χ2n) is 5.43. The predicted octanol–water partition coefficient (Wildman–Crippen LogP) is 5.26. The maximum atomic E-state index is 6.02. The summed E-state index contributed by atoms with van der Waals surface area (Å²) in [6.07, 6.45) is 1.83. The molecule has 1 N–H and O–H groups in total. The van der Waals surface area contributed by atoms with Gasteiger partial charge in [0.25, 0.3) is 0 Å². The Morgan fingerprint density at radius 1 is 1.00 bits per heavy atom. The molecule has 1 aliphatic rings. The van der Waals surface area contributed by atoms with Crippen molar-refractivity contribution in [3.8, 4) is 11.5 Å². The average Bonchev–Trinajstić information content (AvgIpc) is 2.59. The monoisotopic (exact) mass is 320 g/mol. The Bertz CT molecular complexity index is 863. The van der Waals surface area contributed by atoms with Crippen LogP contribution in [0.25, 0.3) is 0 Å². The minimum Gasteiger partial charge on any atom is -0.455 e.